The summed E-state index contributed by atoms with van der Waals surface area (Å²) in [7, 11) is 0. The van der Waals surface area contributed by atoms with Crippen LogP contribution in [-0.4, -0.2) is 55.9 Å². The van der Waals surface area contributed by atoms with Crippen LogP contribution in [0.3, 0.4) is 0 Å². The lowest BCUT2D eigenvalue weighted by atomic mass is 10.1. The third-order valence-electron chi connectivity index (χ3n) is 6.48. The number of nitrogens with two attached hydrogens (primary N) is 1. The topological polar surface area (TPSA) is 135 Å². The predicted octanol–water partition coefficient (Wildman–Crippen LogP) is 4.32. The fourth-order valence-corrected chi connectivity index (χ4v) is 5.35. The molecule has 204 valence electrons. The van der Waals surface area contributed by atoms with Gasteiger partial charge in [0.2, 0.25) is 0 Å². The second kappa shape index (κ2) is 12.2. The standard InChI is InChI=1S/C27H28F2N6O3S/c1-16(8-10-28)39(36)20-5-3-18(4-6-20)23-14-32-25(30)24(33-23)27-35-34-26(38-27)21-7-2-17(12-22(21)29)13-31-19-9-11-37-15-19/h2-7,12,14,16,19,31H,8-11,13,15H2,1H3,(H2,30,32). The maximum Gasteiger partial charge on any atom is 0.270 e. The number of anilines is 1. The van der Waals surface area contributed by atoms with Gasteiger partial charge in [0.25, 0.3) is 11.8 Å². The first-order valence-corrected chi connectivity index (χ1v) is 13.8. The zero-order valence-electron chi connectivity index (χ0n) is 21.3. The van der Waals surface area contributed by atoms with E-state index >= 15 is 0 Å². The summed E-state index contributed by atoms with van der Waals surface area (Å²) in [6.45, 7) is 3.15. The van der Waals surface area contributed by atoms with E-state index in [9.17, 15) is 13.3 Å². The van der Waals surface area contributed by atoms with Crippen molar-refractivity contribution >= 4 is 17.0 Å². The Morgan fingerprint density at radius 1 is 1.18 bits per heavy atom. The van der Waals surface area contributed by atoms with Gasteiger partial charge in [-0.1, -0.05) is 6.07 Å². The molecule has 1 aliphatic rings. The van der Waals surface area contributed by atoms with Gasteiger partial charge in [0, 0.05) is 31.2 Å². The number of rotatable bonds is 10. The first kappa shape index (κ1) is 27.1. The molecular weight excluding hydrogens is 526 g/mol. The first-order valence-electron chi connectivity index (χ1n) is 12.6. The number of nitrogens with one attached hydrogen (secondary N) is 1. The highest BCUT2D eigenvalue weighted by Gasteiger charge is 2.22. The van der Waals surface area contributed by atoms with Gasteiger partial charge in [-0.15, -0.1) is 10.2 Å². The summed E-state index contributed by atoms with van der Waals surface area (Å²) in [4.78, 5) is 9.34. The van der Waals surface area contributed by atoms with Gasteiger partial charge in [-0.3, -0.25) is 4.39 Å². The molecule has 1 saturated heterocycles. The van der Waals surface area contributed by atoms with Gasteiger partial charge in [-0.2, -0.15) is 0 Å². The maximum atomic E-state index is 14.9. The molecular formula is C27H28F2N6O3S. The minimum atomic E-state index is -1.32. The second-order valence-corrected chi connectivity index (χ2v) is 11.1. The molecule has 0 bridgehead atoms. The Labute approximate surface area is 227 Å². The lowest BCUT2D eigenvalue weighted by molar-refractivity contribution is 0.190. The maximum absolute atomic E-state index is 14.9. The number of alkyl halides is 1. The molecule has 3 N–H and O–H groups in total. The summed E-state index contributed by atoms with van der Waals surface area (Å²) < 4.78 is 51.2. The molecule has 9 nitrogen and oxygen atoms in total. The van der Waals surface area contributed by atoms with Crippen molar-refractivity contribution in [3.8, 4) is 34.3 Å². The van der Waals surface area contributed by atoms with Crippen molar-refractivity contribution in [2.24, 2.45) is 0 Å². The number of benzene rings is 2. The Morgan fingerprint density at radius 3 is 2.69 bits per heavy atom. The van der Waals surface area contributed by atoms with Crippen molar-refractivity contribution in [1.82, 2.24) is 25.5 Å². The minimum absolute atomic E-state index is 0.000924. The summed E-state index contributed by atoms with van der Waals surface area (Å²) in [5.74, 6) is -0.421. The SMILES string of the molecule is CC(CCF)[S+]([O-])c1ccc(-c2cnc(N)c(-c3nnc(-c4ccc(CNC5CCOC5)cc4F)o3)n2)cc1. The van der Waals surface area contributed by atoms with Crippen LogP contribution in [0, 0.1) is 5.82 Å². The zero-order valence-corrected chi connectivity index (χ0v) is 22.1. The van der Waals surface area contributed by atoms with E-state index in [1.807, 2.05) is 0 Å². The van der Waals surface area contributed by atoms with Crippen molar-refractivity contribution in [2.45, 2.75) is 42.5 Å². The quantitative estimate of drug-likeness (QED) is 0.275. The largest absolute Gasteiger partial charge is 0.611 e. The van der Waals surface area contributed by atoms with Crippen molar-refractivity contribution in [1.29, 1.82) is 0 Å². The Hall–Kier alpha value is -3.45. The van der Waals surface area contributed by atoms with Crippen LogP contribution in [0.5, 0.6) is 0 Å². The molecule has 0 radical (unpaired) electrons. The summed E-state index contributed by atoms with van der Waals surface area (Å²) in [6, 6.07) is 12.0. The summed E-state index contributed by atoms with van der Waals surface area (Å²) in [5, 5.41) is 11.1. The molecule has 2 aromatic heterocycles. The smallest absolute Gasteiger partial charge is 0.270 e. The van der Waals surface area contributed by atoms with Crippen LogP contribution >= 0.6 is 0 Å². The van der Waals surface area contributed by atoms with Crippen molar-refractivity contribution in [3.05, 3.63) is 60.0 Å². The molecule has 2 aromatic carbocycles. The molecule has 12 heteroatoms. The number of aromatic nitrogens is 4. The monoisotopic (exact) mass is 554 g/mol. The molecule has 1 aliphatic heterocycles. The fraction of sp³-hybridized carbons (Fsp3) is 0.333. The molecule has 3 atom stereocenters. The van der Waals surface area contributed by atoms with Gasteiger partial charge >= 0.3 is 0 Å². The molecule has 0 saturated carbocycles. The normalized spacial score (nSPS) is 16.9. The Bertz CT molecular complexity index is 1420. The van der Waals surface area contributed by atoms with Crippen LogP contribution in [-0.2, 0) is 22.5 Å². The van der Waals surface area contributed by atoms with Gasteiger partial charge in [0.05, 0.1) is 30.7 Å². The molecule has 3 heterocycles. The van der Waals surface area contributed by atoms with Gasteiger partial charge in [-0.25, -0.2) is 14.4 Å². The number of hydrogen-bond donors (Lipinski definition) is 2. The molecule has 3 unspecified atom stereocenters. The van der Waals surface area contributed by atoms with Gasteiger partial charge in [0.1, 0.15) is 11.1 Å². The summed E-state index contributed by atoms with van der Waals surface area (Å²) in [6.07, 6.45) is 2.67. The average Bonchev–Trinajstić information content (AvgIpc) is 3.65. The minimum Gasteiger partial charge on any atom is -0.611 e. The van der Waals surface area contributed by atoms with Crippen LogP contribution in [0.15, 0.2) is 58.0 Å². The van der Waals surface area contributed by atoms with E-state index < -0.39 is 23.7 Å². The zero-order chi connectivity index (χ0) is 27.4. The number of nitrogen functional groups attached to an aromatic ring is 1. The van der Waals surface area contributed by atoms with E-state index in [-0.39, 0.29) is 46.6 Å². The third-order valence-corrected chi connectivity index (χ3v) is 8.18. The van der Waals surface area contributed by atoms with Crippen LogP contribution in [0.4, 0.5) is 14.6 Å². The average molecular weight is 555 g/mol. The van der Waals surface area contributed by atoms with Crippen LogP contribution in [0.2, 0.25) is 0 Å². The Morgan fingerprint density at radius 2 is 1.97 bits per heavy atom. The lowest BCUT2D eigenvalue weighted by Crippen LogP contribution is -2.28. The van der Waals surface area contributed by atoms with Crippen molar-refractivity contribution in [3.63, 3.8) is 0 Å². The predicted molar refractivity (Wildman–Crippen MR) is 143 cm³/mol. The highest BCUT2D eigenvalue weighted by atomic mass is 32.2. The number of hydrogen-bond acceptors (Lipinski definition) is 9. The molecule has 0 aliphatic carbocycles. The van der Waals surface area contributed by atoms with Crippen molar-refractivity contribution < 1.29 is 22.5 Å². The van der Waals surface area contributed by atoms with E-state index in [2.05, 4.69) is 25.5 Å². The Kier molecular flexibility index (Phi) is 8.46. The molecule has 4 aromatic rings. The van der Waals surface area contributed by atoms with Crippen LogP contribution in [0.1, 0.15) is 25.3 Å². The summed E-state index contributed by atoms with van der Waals surface area (Å²) >= 11 is -1.32. The van der Waals surface area contributed by atoms with Gasteiger partial charge in [0.15, 0.2) is 16.4 Å². The van der Waals surface area contributed by atoms with E-state index in [0.29, 0.717) is 29.3 Å². The molecule has 0 spiro atoms. The lowest BCUT2D eigenvalue weighted by Gasteiger charge is -2.16. The fourth-order valence-electron chi connectivity index (χ4n) is 4.18. The number of ether oxygens (including phenoxy) is 1. The van der Waals surface area contributed by atoms with E-state index in [0.717, 1.165) is 18.6 Å². The highest BCUT2D eigenvalue weighted by Crippen LogP contribution is 2.30. The summed E-state index contributed by atoms with van der Waals surface area (Å²) in [5.41, 5.74) is 8.33. The van der Waals surface area contributed by atoms with Crippen LogP contribution in [0.25, 0.3) is 34.3 Å². The highest BCUT2D eigenvalue weighted by molar-refractivity contribution is 7.92. The van der Waals surface area contributed by atoms with E-state index in [1.54, 1.807) is 43.3 Å². The Balaban J connectivity index is 1.33. The van der Waals surface area contributed by atoms with Gasteiger partial charge in [-0.05, 0) is 66.5 Å². The van der Waals surface area contributed by atoms with Crippen LogP contribution < -0.4 is 11.1 Å². The van der Waals surface area contributed by atoms with Crippen molar-refractivity contribution in [2.75, 3.05) is 25.6 Å². The molecule has 1 fully saturated rings. The van der Waals surface area contributed by atoms with E-state index in [4.69, 9.17) is 14.9 Å². The second-order valence-electron chi connectivity index (χ2n) is 9.27. The molecule has 5 rings (SSSR count). The first-order chi connectivity index (χ1) is 18.9. The number of nitrogens with zero attached hydrogens (tertiary/aromatic N) is 4. The van der Waals surface area contributed by atoms with E-state index in [1.165, 1.54) is 12.3 Å². The molecule has 39 heavy (non-hydrogen) atoms. The molecule has 0 amide bonds. The third kappa shape index (κ3) is 6.25. The van der Waals surface area contributed by atoms with Gasteiger partial charge < -0.3 is 24.8 Å². The number of halogens is 2.